The third kappa shape index (κ3) is 4.38. The van der Waals surface area contributed by atoms with Crippen LogP contribution in [0.25, 0.3) is 10.9 Å². The lowest BCUT2D eigenvalue weighted by Crippen LogP contribution is -2.21. The first-order valence-electron chi connectivity index (χ1n) is 9.30. The van der Waals surface area contributed by atoms with Crippen LogP contribution in [0.15, 0.2) is 48.7 Å². The molecule has 3 rings (SSSR count). The lowest BCUT2D eigenvalue weighted by atomic mass is 10.1. The average molecular weight is 407 g/mol. The fourth-order valence-corrected chi connectivity index (χ4v) is 2.87. The SMILES string of the molecule is CCOC(=O)c1ccc2ncc(C(=O)OCC)c(Nc3ccc(C(=O)[O-])cc3)c2c1. The fraction of sp³-hybridized carbons (Fsp3) is 0.182. The molecule has 1 heterocycles. The topological polar surface area (TPSA) is 118 Å². The summed E-state index contributed by atoms with van der Waals surface area (Å²) < 4.78 is 10.2. The van der Waals surface area contributed by atoms with Crippen molar-refractivity contribution in [2.45, 2.75) is 13.8 Å². The van der Waals surface area contributed by atoms with Gasteiger partial charge in [0.25, 0.3) is 0 Å². The predicted octanol–water partition coefficient (Wildman–Crippen LogP) is 2.70. The number of rotatable bonds is 7. The van der Waals surface area contributed by atoms with E-state index in [2.05, 4.69) is 10.3 Å². The number of nitrogens with one attached hydrogen (secondary N) is 1. The number of nitrogens with zero attached hydrogens (tertiary/aromatic N) is 1. The number of carboxylic acid groups (broad SMARTS) is 1. The number of esters is 2. The quantitative estimate of drug-likeness (QED) is 0.594. The molecule has 0 fully saturated rings. The van der Waals surface area contributed by atoms with Crippen LogP contribution in [-0.4, -0.2) is 36.1 Å². The zero-order valence-electron chi connectivity index (χ0n) is 16.4. The summed E-state index contributed by atoms with van der Waals surface area (Å²) in [6.45, 7) is 3.81. The summed E-state index contributed by atoms with van der Waals surface area (Å²) in [6.07, 6.45) is 1.39. The van der Waals surface area contributed by atoms with Crippen LogP contribution in [0.5, 0.6) is 0 Å². The van der Waals surface area contributed by atoms with Crippen LogP contribution in [0.2, 0.25) is 0 Å². The van der Waals surface area contributed by atoms with Crippen LogP contribution in [0.3, 0.4) is 0 Å². The highest BCUT2D eigenvalue weighted by atomic mass is 16.5. The van der Waals surface area contributed by atoms with Gasteiger partial charge in [-0.3, -0.25) is 4.98 Å². The number of fused-ring (bicyclic) bond motifs is 1. The molecule has 3 aromatic rings. The highest BCUT2D eigenvalue weighted by Gasteiger charge is 2.18. The Morgan fingerprint density at radius 1 is 0.933 bits per heavy atom. The van der Waals surface area contributed by atoms with Gasteiger partial charge in [-0.05, 0) is 49.7 Å². The standard InChI is InChI=1S/C22H20N2O6/c1-3-29-21(27)14-7-10-18-16(11-14)19(17(12-23-18)22(28)30-4-2)24-15-8-5-13(6-9-15)20(25)26/h5-12H,3-4H2,1-2H3,(H,23,24)(H,25,26)/p-1. The average Bonchev–Trinajstić information content (AvgIpc) is 2.74. The van der Waals surface area contributed by atoms with E-state index in [4.69, 9.17) is 9.47 Å². The van der Waals surface area contributed by atoms with Gasteiger partial charge >= 0.3 is 11.9 Å². The van der Waals surface area contributed by atoms with Crippen LogP contribution in [0, 0.1) is 0 Å². The molecule has 30 heavy (non-hydrogen) atoms. The van der Waals surface area contributed by atoms with E-state index in [-0.39, 0.29) is 24.3 Å². The molecular weight excluding hydrogens is 388 g/mol. The van der Waals surface area contributed by atoms with Crippen LogP contribution in [-0.2, 0) is 9.47 Å². The molecule has 0 saturated carbocycles. The number of hydrogen-bond acceptors (Lipinski definition) is 8. The largest absolute Gasteiger partial charge is 0.545 e. The maximum atomic E-state index is 12.5. The molecule has 0 atom stereocenters. The molecule has 154 valence electrons. The minimum absolute atomic E-state index is 0.0235. The Balaban J connectivity index is 2.13. The number of carboxylic acids is 1. The third-order valence-corrected chi connectivity index (χ3v) is 4.26. The molecule has 0 aliphatic heterocycles. The first-order chi connectivity index (χ1) is 14.4. The van der Waals surface area contributed by atoms with E-state index < -0.39 is 17.9 Å². The second kappa shape index (κ2) is 9.04. The number of ether oxygens (including phenoxy) is 2. The summed E-state index contributed by atoms with van der Waals surface area (Å²) >= 11 is 0. The van der Waals surface area contributed by atoms with E-state index in [0.717, 1.165) is 0 Å². The summed E-state index contributed by atoms with van der Waals surface area (Å²) in [5.41, 5.74) is 1.96. The number of anilines is 2. The Bertz CT molecular complexity index is 1100. The second-order valence-electron chi connectivity index (χ2n) is 6.21. The third-order valence-electron chi connectivity index (χ3n) is 4.26. The number of hydrogen-bond donors (Lipinski definition) is 1. The molecule has 1 N–H and O–H groups in total. The van der Waals surface area contributed by atoms with Crippen molar-refractivity contribution < 1.29 is 29.0 Å². The number of carbonyl (C=O) groups excluding carboxylic acids is 3. The molecule has 1 aromatic heterocycles. The first kappa shape index (κ1) is 20.8. The first-order valence-corrected chi connectivity index (χ1v) is 9.30. The van der Waals surface area contributed by atoms with Crippen LogP contribution in [0.1, 0.15) is 44.9 Å². The molecule has 0 saturated heterocycles. The number of carbonyl (C=O) groups is 3. The number of pyridine rings is 1. The molecule has 2 aromatic carbocycles. The van der Waals surface area contributed by atoms with Crippen LogP contribution < -0.4 is 10.4 Å². The van der Waals surface area contributed by atoms with Crippen LogP contribution in [0.4, 0.5) is 11.4 Å². The summed E-state index contributed by atoms with van der Waals surface area (Å²) in [5.74, 6) is -2.37. The lowest BCUT2D eigenvalue weighted by molar-refractivity contribution is -0.255. The smallest absolute Gasteiger partial charge is 0.341 e. The van der Waals surface area contributed by atoms with Crippen molar-refractivity contribution >= 4 is 40.2 Å². The van der Waals surface area contributed by atoms with Gasteiger partial charge in [0.1, 0.15) is 5.56 Å². The van der Waals surface area contributed by atoms with Crippen LogP contribution >= 0.6 is 0 Å². The van der Waals surface area contributed by atoms with Crippen molar-refractivity contribution in [3.05, 3.63) is 65.4 Å². The van der Waals surface area contributed by atoms with Gasteiger partial charge in [0.2, 0.25) is 0 Å². The molecular formula is C22H19N2O6-. The molecule has 0 amide bonds. The highest BCUT2D eigenvalue weighted by Crippen LogP contribution is 2.31. The van der Waals surface area contributed by atoms with Gasteiger partial charge in [-0.15, -0.1) is 0 Å². The number of aromatic carboxylic acids is 1. The fourth-order valence-electron chi connectivity index (χ4n) is 2.87. The van der Waals surface area contributed by atoms with Crippen molar-refractivity contribution in [1.29, 1.82) is 0 Å². The van der Waals surface area contributed by atoms with Crippen molar-refractivity contribution in [1.82, 2.24) is 4.98 Å². The van der Waals surface area contributed by atoms with E-state index in [0.29, 0.717) is 27.8 Å². The molecule has 0 spiro atoms. The monoisotopic (exact) mass is 407 g/mol. The molecule has 0 bridgehead atoms. The molecule has 8 heteroatoms. The predicted molar refractivity (Wildman–Crippen MR) is 108 cm³/mol. The van der Waals surface area contributed by atoms with Crippen molar-refractivity contribution in [2.75, 3.05) is 18.5 Å². The Morgan fingerprint density at radius 3 is 2.20 bits per heavy atom. The normalized spacial score (nSPS) is 10.5. The van der Waals surface area contributed by atoms with E-state index in [1.54, 1.807) is 44.2 Å². The molecule has 0 aliphatic rings. The van der Waals surface area contributed by atoms with Crippen molar-refractivity contribution in [2.24, 2.45) is 0 Å². The maximum Gasteiger partial charge on any atom is 0.341 e. The van der Waals surface area contributed by atoms with Gasteiger partial charge in [-0.1, -0.05) is 12.1 Å². The van der Waals surface area contributed by atoms with E-state index >= 15 is 0 Å². The minimum atomic E-state index is -1.29. The van der Waals surface area contributed by atoms with Gasteiger partial charge in [-0.2, -0.15) is 0 Å². The summed E-state index contributed by atoms with van der Waals surface area (Å²) in [5, 5.41) is 14.6. The van der Waals surface area contributed by atoms with Crippen molar-refractivity contribution in [3.63, 3.8) is 0 Å². The van der Waals surface area contributed by atoms with Crippen molar-refractivity contribution in [3.8, 4) is 0 Å². The molecule has 0 unspecified atom stereocenters. The van der Waals surface area contributed by atoms with Gasteiger partial charge in [0.05, 0.1) is 36.0 Å². The number of benzene rings is 2. The number of aromatic nitrogens is 1. The van der Waals surface area contributed by atoms with Gasteiger partial charge in [0.15, 0.2) is 0 Å². The Morgan fingerprint density at radius 2 is 1.57 bits per heavy atom. The van der Waals surface area contributed by atoms with E-state index in [9.17, 15) is 19.5 Å². The Kier molecular flexibility index (Phi) is 6.26. The zero-order valence-corrected chi connectivity index (χ0v) is 16.4. The highest BCUT2D eigenvalue weighted by molar-refractivity contribution is 6.07. The zero-order chi connectivity index (χ0) is 21.7. The minimum Gasteiger partial charge on any atom is -0.545 e. The Hall–Kier alpha value is -3.94. The summed E-state index contributed by atoms with van der Waals surface area (Å²) in [7, 11) is 0. The van der Waals surface area contributed by atoms with Gasteiger partial charge in [0, 0.05) is 17.3 Å². The molecule has 0 radical (unpaired) electrons. The van der Waals surface area contributed by atoms with E-state index in [1.165, 1.54) is 18.3 Å². The molecule has 8 nitrogen and oxygen atoms in total. The lowest BCUT2D eigenvalue weighted by Gasteiger charge is -2.15. The molecule has 0 aliphatic carbocycles. The summed E-state index contributed by atoms with van der Waals surface area (Å²) in [4.78, 5) is 39.9. The second-order valence-corrected chi connectivity index (χ2v) is 6.21. The van der Waals surface area contributed by atoms with Gasteiger partial charge in [-0.25, -0.2) is 9.59 Å². The Labute approximate surface area is 172 Å². The maximum absolute atomic E-state index is 12.5. The summed E-state index contributed by atoms with van der Waals surface area (Å²) in [6, 6.07) is 10.7. The van der Waals surface area contributed by atoms with Gasteiger partial charge < -0.3 is 24.7 Å². The van der Waals surface area contributed by atoms with E-state index in [1.807, 2.05) is 0 Å².